The average Bonchev–Trinajstić information content (AvgIpc) is 2.44. The van der Waals surface area contributed by atoms with Crippen molar-refractivity contribution in [2.75, 3.05) is 11.9 Å². The number of carbonyl (C=O) groups is 2. The highest BCUT2D eigenvalue weighted by Crippen LogP contribution is 2.23. The van der Waals surface area contributed by atoms with Gasteiger partial charge in [0.15, 0.2) is 0 Å². The first-order valence-electron chi connectivity index (χ1n) is 6.77. The van der Waals surface area contributed by atoms with Crippen molar-refractivity contribution in [3.63, 3.8) is 0 Å². The molecule has 2 amide bonds. The van der Waals surface area contributed by atoms with E-state index in [4.69, 9.17) is 5.73 Å². The van der Waals surface area contributed by atoms with Crippen LogP contribution in [0.15, 0.2) is 24.3 Å². The fourth-order valence-electron chi connectivity index (χ4n) is 1.53. The zero-order chi connectivity index (χ0) is 17.6. The predicted octanol–water partition coefficient (Wildman–Crippen LogP) is 2.04. The first kappa shape index (κ1) is 22.0. The number of amides is 2. The number of ether oxygens (including phenoxy) is 1. The lowest BCUT2D eigenvalue weighted by atomic mass is 10.1. The topological polar surface area (TPSA) is 93.5 Å². The minimum absolute atomic E-state index is 0. The summed E-state index contributed by atoms with van der Waals surface area (Å²) in [5.41, 5.74) is 5.89. The Kier molecular flexibility index (Phi) is 8.56. The van der Waals surface area contributed by atoms with E-state index in [1.165, 1.54) is 12.1 Å². The van der Waals surface area contributed by atoms with E-state index in [2.05, 4.69) is 15.4 Å². The van der Waals surface area contributed by atoms with Crippen molar-refractivity contribution in [3.05, 3.63) is 24.3 Å². The molecule has 0 fully saturated rings. The normalized spacial score (nSPS) is 12.1. The number of benzene rings is 1. The maximum atomic E-state index is 12.0. The van der Waals surface area contributed by atoms with Crippen LogP contribution in [0.3, 0.4) is 0 Å². The highest BCUT2D eigenvalue weighted by Gasteiger charge is 2.30. The molecule has 0 bridgehead atoms. The van der Waals surface area contributed by atoms with Gasteiger partial charge < -0.3 is 21.1 Å². The Balaban J connectivity index is 0.00000529. The van der Waals surface area contributed by atoms with Crippen molar-refractivity contribution in [1.29, 1.82) is 0 Å². The van der Waals surface area contributed by atoms with Crippen LogP contribution in [-0.2, 0) is 9.59 Å². The quantitative estimate of drug-likeness (QED) is 0.715. The fraction of sp³-hybridized carbons (Fsp3) is 0.429. The molecule has 0 aliphatic rings. The van der Waals surface area contributed by atoms with Crippen molar-refractivity contribution in [1.82, 2.24) is 5.32 Å². The highest BCUT2D eigenvalue weighted by molar-refractivity contribution is 5.95. The zero-order valence-electron chi connectivity index (χ0n) is 13.0. The Morgan fingerprint density at radius 3 is 2.21 bits per heavy atom. The first-order chi connectivity index (χ1) is 10.6. The molecule has 1 rings (SSSR count). The molecular weight excluding hydrogens is 351 g/mol. The first-order valence-corrected chi connectivity index (χ1v) is 6.77. The summed E-state index contributed by atoms with van der Waals surface area (Å²) < 4.78 is 39.7. The second-order valence-corrected chi connectivity index (χ2v) is 5.11. The number of hydrogen-bond donors (Lipinski definition) is 3. The molecule has 136 valence electrons. The van der Waals surface area contributed by atoms with E-state index in [0.717, 1.165) is 12.1 Å². The lowest BCUT2D eigenvalue weighted by molar-refractivity contribution is -0.274. The van der Waals surface area contributed by atoms with Crippen LogP contribution in [0.25, 0.3) is 0 Å². The molecule has 4 N–H and O–H groups in total. The summed E-state index contributed by atoms with van der Waals surface area (Å²) in [6, 6.07) is 3.91. The van der Waals surface area contributed by atoms with E-state index in [0.29, 0.717) is 0 Å². The molecule has 0 aliphatic carbocycles. The number of halogens is 4. The number of carbonyl (C=O) groups excluding carboxylic acids is 2. The van der Waals surface area contributed by atoms with Crippen molar-refractivity contribution in [3.8, 4) is 5.75 Å². The summed E-state index contributed by atoms with van der Waals surface area (Å²) in [4.78, 5) is 23.2. The van der Waals surface area contributed by atoms with Gasteiger partial charge in [0.05, 0.1) is 12.6 Å². The van der Waals surface area contributed by atoms with Crippen molar-refractivity contribution >= 4 is 29.9 Å². The standard InChI is InChI=1S/C14H18F3N3O3.ClH/c1-8(2)12(18)13(22)19-7-11(21)20-9-3-5-10(6-4-9)23-14(15,16)17;/h3-6,8,12H,7,18H2,1-2H3,(H,19,22)(H,20,21);1H/t12-;/m0./s1. The van der Waals surface area contributed by atoms with E-state index in [9.17, 15) is 22.8 Å². The molecule has 0 radical (unpaired) electrons. The predicted molar refractivity (Wildman–Crippen MR) is 84.8 cm³/mol. The molecule has 0 unspecified atom stereocenters. The second-order valence-electron chi connectivity index (χ2n) is 5.11. The van der Waals surface area contributed by atoms with Crippen LogP contribution >= 0.6 is 12.4 Å². The van der Waals surface area contributed by atoms with E-state index in [1.54, 1.807) is 13.8 Å². The summed E-state index contributed by atoms with van der Waals surface area (Å²) in [6.45, 7) is 3.25. The van der Waals surface area contributed by atoms with Gasteiger partial charge in [-0.1, -0.05) is 13.8 Å². The summed E-state index contributed by atoms with van der Waals surface area (Å²) >= 11 is 0. The number of anilines is 1. The van der Waals surface area contributed by atoms with E-state index >= 15 is 0 Å². The summed E-state index contributed by atoms with van der Waals surface area (Å²) in [6.07, 6.45) is -4.77. The maximum Gasteiger partial charge on any atom is 0.573 e. The number of alkyl halides is 3. The number of rotatable bonds is 6. The van der Waals surface area contributed by atoms with Gasteiger partial charge in [0.1, 0.15) is 5.75 Å². The Bertz CT molecular complexity index is 550. The van der Waals surface area contributed by atoms with Crippen LogP contribution in [0, 0.1) is 5.92 Å². The van der Waals surface area contributed by atoms with Gasteiger partial charge in [0.25, 0.3) is 0 Å². The molecule has 24 heavy (non-hydrogen) atoms. The highest BCUT2D eigenvalue weighted by atomic mass is 35.5. The molecule has 0 spiro atoms. The maximum absolute atomic E-state index is 12.0. The van der Waals surface area contributed by atoms with Gasteiger partial charge in [-0.15, -0.1) is 25.6 Å². The summed E-state index contributed by atoms with van der Waals surface area (Å²) in [5, 5.41) is 4.80. The smallest absolute Gasteiger partial charge is 0.406 e. The van der Waals surface area contributed by atoms with Crippen LogP contribution in [0.5, 0.6) is 5.75 Å². The van der Waals surface area contributed by atoms with Gasteiger partial charge in [-0.2, -0.15) is 0 Å². The average molecular weight is 370 g/mol. The second kappa shape index (κ2) is 9.33. The third-order valence-electron chi connectivity index (χ3n) is 2.82. The van der Waals surface area contributed by atoms with Crippen LogP contribution in [0.4, 0.5) is 18.9 Å². The van der Waals surface area contributed by atoms with Gasteiger partial charge >= 0.3 is 6.36 Å². The molecule has 0 heterocycles. The van der Waals surface area contributed by atoms with E-state index in [1.807, 2.05) is 0 Å². The van der Waals surface area contributed by atoms with E-state index < -0.39 is 30.0 Å². The lowest BCUT2D eigenvalue weighted by Gasteiger charge is -2.15. The molecule has 0 saturated carbocycles. The van der Waals surface area contributed by atoms with E-state index in [-0.39, 0.29) is 30.6 Å². The minimum Gasteiger partial charge on any atom is -0.406 e. The van der Waals surface area contributed by atoms with Gasteiger partial charge in [-0.3, -0.25) is 9.59 Å². The van der Waals surface area contributed by atoms with Gasteiger partial charge in [-0.25, -0.2) is 0 Å². The SMILES string of the molecule is CC(C)[C@H](N)C(=O)NCC(=O)Nc1ccc(OC(F)(F)F)cc1.Cl. The van der Waals surface area contributed by atoms with Crippen LogP contribution < -0.4 is 21.1 Å². The van der Waals surface area contributed by atoms with Crippen LogP contribution in [-0.4, -0.2) is 30.8 Å². The number of nitrogens with two attached hydrogens (primary N) is 1. The van der Waals surface area contributed by atoms with Gasteiger partial charge in [0.2, 0.25) is 11.8 Å². The third kappa shape index (κ3) is 8.02. The van der Waals surface area contributed by atoms with Crippen molar-refractivity contribution in [2.45, 2.75) is 26.3 Å². The largest absolute Gasteiger partial charge is 0.573 e. The molecule has 6 nitrogen and oxygen atoms in total. The Labute approximate surface area is 143 Å². The lowest BCUT2D eigenvalue weighted by Crippen LogP contribution is -2.46. The third-order valence-corrected chi connectivity index (χ3v) is 2.82. The van der Waals surface area contributed by atoms with Crippen LogP contribution in [0.2, 0.25) is 0 Å². The van der Waals surface area contributed by atoms with Crippen molar-refractivity contribution < 1.29 is 27.5 Å². The minimum atomic E-state index is -4.77. The zero-order valence-corrected chi connectivity index (χ0v) is 13.8. The molecule has 1 aromatic rings. The molecule has 1 atom stereocenters. The monoisotopic (exact) mass is 369 g/mol. The Hall–Kier alpha value is -2.00. The molecule has 1 aromatic carbocycles. The molecule has 0 aliphatic heterocycles. The summed E-state index contributed by atoms with van der Waals surface area (Å²) in [7, 11) is 0. The Morgan fingerprint density at radius 1 is 1.21 bits per heavy atom. The number of hydrogen-bond acceptors (Lipinski definition) is 4. The fourth-order valence-corrected chi connectivity index (χ4v) is 1.53. The molecule has 0 aromatic heterocycles. The Morgan fingerprint density at radius 2 is 1.75 bits per heavy atom. The van der Waals surface area contributed by atoms with Crippen molar-refractivity contribution in [2.24, 2.45) is 11.7 Å². The van der Waals surface area contributed by atoms with Gasteiger partial charge in [-0.05, 0) is 30.2 Å². The van der Waals surface area contributed by atoms with Crippen LogP contribution in [0.1, 0.15) is 13.8 Å². The molecule has 0 saturated heterocycles. The molecular formula is C14H19ClF3N3O3. The number of nitrogens with one attached hydrogen (secondary N) is 2. The summed E-state index contributed by atoms with van der Waals surface area (Å²) in [5.74, 6) is -1.45. The molecule has 10 heteroatoms. The van der Waals surface area contributed by atoms with Gasteiger partial charge in [0, 0.05) is 5.69 Å².